The van der Waals surface area contributed by atoms with Crippen molar-refractivity contribution in [2.24, 2.45) is 0 Å². The van der Waals surface area contributed by atoms with E-state index in [1.165, 1.54) is 25.3 Å². The standard InChI is InChI=1S/C9H10O4/c1-13-8-5-7(10)3-2-6(8)4-9(11)12/h2-3,5,10H,4H2,1H3,(H,11,12)/p-1. The molecule has 0 radical (unpaired) electrons. The first-order valence-corrected chi connectivity index (χ1v) is 3.69. The molecule has 0 aliphatic carbocycles. The van der Waals surface area contributed by atoms with Gasteiger partial charge in [-0.2, -0.15) is 0 Å². The third-order valence-corrected chi connectivity index (χ3v) is 1.61. The predicted molar refractivity (Wildman–Crippen MR) is 43.4 cm³/mol. The maximum atomic E-state index is 10.3. The van der Waals surface area contributed by atoms with Crippen molar-refractivity contribution in [3.05, 3.63) is 23.8 Å². The van der Waals surface area contributed by atoms with Crippen LogP contribution in [0.15, 0.2) is 18.2 Å². The summed E-state index contributed by atoms with van der Waals surface area (Å²) < 4.78 is 4.88. The van der Waals surface area contributed by atoms with Gasteiger partial charge in [-0.25, -0.2) is 0 Å². The fourth-order valence-corrected chi connectivity index (χ4v) is 1.03. The molecule has 0 bridgehead atoms. The van der Waals surface area contributed by atoms with Crippen LogP contribution < -0.4 is 9.84 Å². The highest BCUT2D eigenvalue weighted by Gasteiger charge is 2.03. The summed E-state index contributed by atoms with van der Waals surface area (Å²) in [7, 11) is 1.41. The van der Waals surface area contributed by atoms with E-state index in [-0.39, 0.29) is 12.2 Å². The number of carbonyl (C=O) groups excluding carboxylic acids is 1. The minimum atomic E-state index is -1.18. The number of methoxy groups -OCH3 is 1. The van der Waals surface area contributed by atoms with E-state index in [4.69, 9.17) is 9.84 Å². The molecule has 4 nitrogen and oxygen atoms in total. The Morgan fingerprint density at radius 1 is 1.62 bits per heavy atom. The van der Waals surface area contributed by atoms with Crippen molar-refractivity contribution in [2.45, 2.75) is 6.42 Å². The highest BCUT2D eigenvalue weighted by Crippen LogP contribution is 2.23. The lowest BCUT2D eigenvalue weighted by molar-refractivity contribution is -0.304. The predicted octanol–water partition coefficient (Wildman–Crippen LogP) is -0.307. The van der Waals surface area contributed by atoms with E-state index in [9.17, 15) is 9.90 Å². The number of aromatic hydroxyl groups is 1. The molecule has 70 valence electrons. The lowest BCUT2D eigenvalue weighted by Gasteiger charge is -2.08. The Morgan fingerprint density at radius 2 is 2.31 bits per heavy atom. The van der Waals surface area contributed by atoms with Gasteiger partial charge in [0.05, 0.1) is 7.11 Å². The number of aliphatic carboxylic acids is 1. The van der Waals surface area contributed by atoms with Gasteiger partial charge >= 0.3 is 0 Å². The monoisotopic (exact) mass is 181 g/mol. The molecule has 0 fully saturated rings. The van der Waals surface area contributed by atoms with Crippen LogP contribution in [-0.4, -0.2) is 18.2 Å². The van der Waals surface area contributed by atoms with Gasteiger partial charge in [-0.05, 0) is 11.6 Å². The zero-order valence-electron chi connectivity index (χ0n) is 7.11. The van der Waals surface area contributed by atoms with Gasteiger partial charge in [0.2, 0.25) is 0 Å². The zero-order chi connectivity index (χ0) is 9.84. The summed E-state index contributed by atoms with van der Waals surface area (Å²) >= 11 is 0. The molecule has 1 aromatic rings. The summed E-state index contributed by atoms with van der Waals surface area (Å²) in [4.78, 5) is 10.3. The first kappa shape index (κ1) is 9.38. The molecule has 0 heterocycles. The molecule has 0 saturated heterocycles. The Hall–Kier alpha value is -1.71. The van der Waals surface area contributed by atoms with E-state index in [0.29, 0.717) is 11.3 Å². The molecule has 0 aliphatic rings. The summed E-state index contributed by atoms with van der Waals surface area (Å²) in [6, 6.07) is 4.25. The fourth-order valence-electron chi connectivity index (χ4n) is 1.03. The van der Waals surface area contributed by atoms with Crippen molar-refractivity contribution in [1.82, 2.24) is 0 Å². The van der Waals surface area contributed by atoms with E-state index in [1.807, 2.05) is 0 Å². The second kappa shape index (κ2) is 3.80. The number of rotatable bonds is 3. The number of carboxylic acid groups (broad SMARTS) is 1. The van der Waals surface area contributed by atoms with Gasteiger partial charge in [0.1, 0.15) is 11.5 Å². The number of hydrogen-bond acceptors (Lipinski definition) is 4. The van der Waals surface area contributed by atoms with E-state index < -0.39 is 5.97 Å². The molecule has 0 aliphatic heterocycles. The van der Waals surface area contributed by atoms with Crippen molar-refractivity contribution in [1.29, 1.82) is 0 Å². The first-order chi connectivity index (χ1) is 6.13. The van der Waals surface area contributed by atoms with Crippen LogP contribution in [0.1, 0.15) is 5.56 Å². The quantitative estimate of drug-likeness (QED) is 0.694. The van der Waals surface area contributed by atoms with Crippen LogP contribution in [0.2, 0.25) is 0 Å². The van der Waals surface area contributed by atoms with Gasteiger partial charge in [0, 0.05) is 18.5 Å². The fraction of sp³-hybridized carbons (Fsp3) is 0.222. The summed E-state index contributed by atoms with van der Waals surface area (Å²) in [5.74, 6) is -0.785. The Kier molecular flexibility index (Phi) is 2.74. The topological polar surface area (TPSA) is 69.6 Å². The van der Waals surface area contributed by atoms with Crippen LogP contribution >= 0.6 is 0 Å². The maximum Gasteiger partial charge on any atom is 0.126 e. The smallest absolute Gasteiger partial charge is 0.126 e. The van der Waals surface area contributed by atoms with Gasteiger partial charge in [0.25, 0.3) is 0 Å². The molecule has 1 aromatic carbocycles. The normalized spacial score (nSPS) is 9.62. The SMILES string of the molecule is COc1cc(O)ccc1CC(=O)[O-]. The average Bonchev–Trinajstić information content (AvgIpc) is 2.07. The zero-order valence-corrected chi connectivity index (χ0v) is 7.11. The minimum absolute atomic E-state index is 0.0407. The van der Waals surface area contributed by atoms with Gasteiger partial charge in [0.15, 0.2) is 0 Å². The van der Waals surface area contributed by atoms with E-state index >= 15 is 0 Å². The van der Waals surface area contributed by atoms with E-state index in [2.05, 4.69) is 0 Å². The van der Waals surface area contributed by atoms with Crippen LogP contribution in [-0.2, 0) is 11.2 Å². The van der Waals surface area contributed by atoms with Gasteiger partial charge in [-0.15, -0.1) is 0 Å². The summed E-state index contributed by atoms with van der Waals surface area (Å²) in [5.41, 5.74) is 0.486. The van der Waals surface area contributed by atoms with Crippen molar-refractivity contribution in [3.63, 3.8) is 0 Å². The number of carbonyl (C=O) groups is 1. The van der Waals surface area contributed by atoms with Crippen LogP contribution in [0, 0.1) is 0 Å². The summed E-state index contributed by atoms with van der Waals surface area (Å²) in [6.45, 7) is 0. The minimum Gasteiger partial charge on any atom is -0.550 e. The van der Waals surface area contributed by atoms with Crippen LogP contribution in [0.5, 0.6) is 11.5 Å². The number of carboxylic acids is 1. The molecule has 0 spiro atoms. The molecular formula is C9H9O4-. The number of ether oxygens (including phenoxy) is 1. The number of phenolic OH excluding ortho intramolecular Hbond substituents is 1. The van der Waals surface area contributed by atoms with Gasteiger partial charge in [-0.1, -0.05) is 6.07 Å². The van der Waals surface area contributed by atoms with Crippen LogP contribution in [0.25, 0.3) is 0 Å². The average molecular weight is 181 g/mol. The van der Waals surface area contributed by atoms with E-state index in [1.54, 1.807) is 0 Å². The molecule has 1 N–H and O–H groups in total. The molecular weight excluding hydrogens is 172 g/mol. The van der Waals surface area contributed by atoms with E-state index in [0.717, 1.165) is 0 Å². The molecule has 4 heteroatoms. The molecule has 0 unspecified atom stereocenters. The third-order valence-electron chi connectivity index (χ3n) is 1.61. The maximum absolute atomic E-state index is 10.3. The Bertz CT molecular complexity index is 319. The largest absolute Gasteiger partial charge is 0.550 e. The molecule has 0 aromatic heterocycles. The number of hydrogen-bond donors (Lipinski definition) is 1. The highest BCUT2D eigenvalue weighted by molar-refractivity contribution is 5.69. The molecule has 0 amide bonds. The van der Waals surface area contributed by atoms with Crippen molar-refractivity contribution in [3.8, 4) is 11.5 Å². The van der Waals surface area contributed by atoms with Gasteiger partial charge < -0.3 is 19.7 Å². The molecule has 13 heavy (non-hydrogen) atoms. The Balaban J connectivity index is 2.99. The highest BCUT2D eigenvalue weighted by atomic mass is 16.5. The Morgan fingerprint density at radius 3 is 2.85 bits per heavy atom. The molecule has 0 atom stereocenters. The lowest BCUT2D eigenvalue weighted by Crippen LogP contribution is -2.24. The van der Waals surface area contributed by atoms with Crippen molar-refractivity contribution in [2.75, 3.05) is 7.11 Å². The Labute approximate surface area is 75.4 Å². The number of phenols is 1. The van der Waals surface area contributed by atoms with Crippen LogP contribution in [0.3, 0.4) is 0 Å². The number of benzene rings is 1. The van der Waals surface area contributed by atoms with Crippen LogP contribution in [0.4, 0.5) is 0 Å². The summed E-state index contributed by atoms with van der Waals surface area (Å²) in [5, 5.41) is 19.4. The molecule has 0 saturated carbocycles. The second-order valence-electron chi connectivity index (χ2n) is 2.54. The van der Waals surface area contributed by atoms with Crippen molar-refractivity contribution >= 4 is 5.97 Å². The van der Waals surface area contributed by atoms with Crippen molar-refractivity contribution < 1.29 is 19.7 Å². The lowest BCUT2D eigenvalue weighted by atomic mass is 10.1. The van der Waals surface area contributed by atoms with Gasteiger partial charge in [-0.3, -0.25) is 0 Å². The third kappa shape index (κ3) is 2.37. The second-order valence-corrected chi connectivity index (χ2v) is 2.54. The summed E-state index contributed by atoms with van der Waals surface area (Å²) in [6.07, 6.45) is -0.219. The molecule has 1 rings (SSSR count). The first-order valence-electron chi connectivity index (χ1n) is 3.69.